The van der Waals surface area contributed by atoms with Crippen molar-refractivity contribution >= 4 is 6.03 Å². The lowest BCUT2D eigenvalue weighted by Crippen LogP contribution is -2.46. The molecule has 1 N–H and O–H groups in total. The summed E-state index contributed by atoms with van der Waals surface area (Å²) in [5, 5.41) is 2.58. The van der Waals surface area contributed by atoms with E-state index < -0.39 is 11.7 Å². The topological polar surface area (TPSA) is 54.5 Å². The lowest BCUT2D eigenvalue weighted by Gasteiger charge is -2.32. The van der Waals surface area contributed by atoms with Crippen molar-refractivity contribution in [1.82, 2.24) is 15.2 Å². The minimum atomic E-state index is -4.44. The molecular formula is C19H20F3N3O2. The van der Waals surface area contributed by atoms with Crippen molar-refractivity contribution in [2.75, 3.05) is 13.1 Å². The lowest BCUT2D eigenvalue weighted by molar-refractivity contribution is -0.138. The number of benzene rings is 1. The van der Waals surface area contributed by atoms with Crippen LogP contribution in [0.25, 0.3) is 0 Å². The molecular weight excluding hydrogens is 359 g/mol. The van der Waals surface area contributed by atoms with Gasteiger partial charge in [-0.05, 0) is 23.8 Å². The molecule has 2 heterocycles. The van der Waals surface area contributed by atoms with Gasteiger partial charge in [-0.2, -0.15) is 13.2 Å². The average molecular weight is 379 g/mol. The van der Waals surface area contributed by atoms with E-state index in [0.717, 1.165) is 6.07 Å². The molecule has 1 fully saturated rings. The van der Waals surface area contributed by atoms with E-state index in [1.54, 1.807) is 23.4 Å². The first-order valence-corrected chi connectivity index (χ1v) is 8.68. The highest BCUT2D eigenvalue weighted by Crippen LogP contribution is 2.31. The van der Waals surface area contributed by atoms with Crippen LogP contribution in [0.2, 0.25) is 0 Å². The van der Waals surface area contributed by atoms with Gasteiger partial charge in [-0.1, -0.05) is 18.2 Å². The van der Waals surface area contributed by atoms with Crippen LogP contribution in [-0.2, 0) is 12.7 Å². The molecule has 5 nitrogen and oxygen atoms in total. The summed E-state index contributed by atoms with van der Waals surface area (Å²) in [6, 6.07) is 8.49. The number of piperidine rings is 1. The second-order valence-corrected chi connectivity index (χ2v) is 6.31. The second-order valence-electron chi connectivity index (χ2n) is 6.31. The molecule has 0 bridgehead atoms. The Balaban J connectivity index is 1.49. The van der Waals surface area contributed by atoms with Gasteiger partial charge in [0.05, 0.1) is 11.8 Å². The fourth-order valence-corrected chi connectivity index (χ4v) is 3.02. The Morgan fingerprint density at radius 2 is 1.93 bits per heavy atom. The third-order valence-electron chi connectivity index (χ3n) is 4.42. The molecule has 8 heteroatoms. The number of nitrogens with zero attached hydrogens (tertiary/aromatic N) is 2. The first-order chi connectivity index (χ1) is 12.9. The standard InChI is InChI=1S/C19H20F3N3O2/c20-19(21,22)17-6-2-1-4-14(17)12-24-18(26)25-10-7-15(8-11-25)27-16-5-3-9-23-13-16/h1-6,9,13,15H,7-8,10-12H2,(H,24,26). The van der Waals surface area contributed by atoms with E-state index in [1.807, 2.05) is 6.07 Å². The van der Waals surface area contributed by atoms with E-state index in [1.165, 1.54) is 18.2 Å². The van der Waals surface area contributed by atoms with Crippen LogP contribution in [-0.4, -0.2) is 35.1 Å². The van der Waals surface area contributed by atoms with Crippen LogP contribution in [0, 0.1) is 0 Å². The Labute approximate surface area is 155 Å². The Morgan fingerprint density at radius 1 is 1.19 bits per heavy atom. The summed E-state index contributed by atoms with van der Waals surface area (Å²) in [4.78, 5) is 17.9. The minimum absolute atomic E-state index is 0.01000. The number of rotatable bonds is 4. The molecule has 27 heavy (non-hydrogen) atoms. The molecule has 1 saturated heterocycles. The van der Waals surface area contributed by atoms with Gasteiger partial charge in [0.25, 0.3) is 0 Å². The summed E-state index contributed by atoms with van der Waals surface area (Å²) < 4.78 is 44.8. The zero-order chi connectivity index (χ0) is 19.3. The first kappa shape index (κ1) is 19.0. The highest BCUT2D eigenvalue weighted by molar-refractivity contribution is 5.74. The van der Waals surface area contributed by atoms with Crippen molar-refractivity contribution in [2.24, 2.45) is 0 Å². The number of ether oxygens (including phenoxy) is 1. The Kier molecular flexibility index (Phi) is 5.83. The van der Waals surface area contributed by atoms with Gasteiger partial charge in [0.1, 0.15) is 11.9 Å². The summed E-state index contributed by atoms with van der Waals surface area (Å²) in [6.45, 7) is 0.802. The Bertz CT molecular complexity index is 760. The Hall–Kier alpha value is -2.77. The number of nitrogens with one attached hydrogen (secondary N) is 1. The number of carbonyl (C=O) groups is 1. The van der Waals surface area contributed by atoms with Crippen molar-refractivity contribution in [1.29, 1.82) is 0 Å². The Morgan fingerprint density at radius 3 is 2.59 bits per heavy atom. The number of halogens is 3. The number of amides is 2. The molecule has 1 aromatic heterocycles. The predicted octanol–water partition coefficient (Wildman–Crippen LogP) is 3.85. The fourth-order valence-electron chi connectivity index (χ4n) is 3.02. The molecule has 2 amide bonds. The highest BCUT2D eigenvalue weighted by atomic mass is 19.4. The second kappa shape index (κ2) is 8.28. The molecule has 144 valence electrons. The lowest BCUT2D eigenvalue weighted by atomic mass is 10.1. The molecule has 2 aromatic rings. The van der Waals surface area contributed by atoms with Crippen molar-refractivity contribution in [3.05, 3.63) is 59.9 Å². The average Bonchev–Trinajstić information content (AvgIpc) is 2.67. The number of hydrogen-bond donors (Lipinski definition) is 1. The van der Waals surface area contributed by atoms with Gasteiger partial charge in [0.15, 0.2) is 0 Å². The van der Waals surface area contributed by atoms with E-state index >= 15 is 0 Å². The van der Waals surface area contributed by atoms with E-state index in [2.05, 4.69) is 10.3 Å². The van der Waals surface area contributed by atoms with Crippen LogP contribution in [0.4, 0.5) is 18.0 Å². The quantitative estimate of drug-likeness (QED) is 0.878. The van der Waals surface area contributed by atoms with Crippen LogP contribution in [0.15, 0.2) is 48.8 Å². The molecule has 3 rings (SSSR count). The molecule has 1 aliphatic rings. The summed E-state index contributed by atoms with van der Waals surface area (Å²) >= 11 is 0. The maximum absolute atomic E-state index is 13.0. The van der Waals surface area contributed by atoms with Gasteiger partial charge in [-0.3, -0.25) is 4.98 Å². The number of carbonyl (C=O) groups excluding carboxylic acids is 1. The monoisotopic (exact) mass is 379 g/mol. The van der Waals surface area contributed by atoms with Crippen LogP contribution in [0.5, 0.6) is 5.75 Å². The van der Waals surface area contributed by atoms with E-state index in [-0.39, 0.29) is 24.2 Å². The first-order valence-electron chi connectivity index (χ1n) is 8.68. The minimum Gasteiger partial charge on any atom is -0.489 e. The number of aromatic nitrogens is 1. The fraction of sp³-hybridized carbons (Fsp3) is 0.368. The molecule has 0 atom stereocenters. The molecule has 0 spiro atoms. The number of alkyl halides is 3. The highest BCUT2D eigenvalue weighted by Gasteiger charge is 2.33. The summed E-state index contributed by atoms with van der Waals surface area (Å²) in [5.41, 5.74) is -0.679. The van der Waals surface area contributed by atoms with E-state index in [9.17, 15) is 18.0 Å². The maximum atomic E-state index is 13.0. The van der Waals surface area contributed by atoms with Gasteiger partial charge >= 0.3 is 12.2 Å². The smallest absolute Gasteiger partial charge is 0.416 e. The van der Waals surface area contributed by atoms with Crippen molar-refractivity contribution < 1.29 is 22.7 Å². The molecule has 0 saturated carbocycles. The number of pyridine rings is 1. The normalized spacial score (nSPS) is 15.4. The summed E-state index contributed by atoms with van der Waals surface area (Å²) in [5.74, 6) is 0.684. The number of hydrogen-bond acceptors (Lipinski definition) is 3. The third-order valence-corrected chi connectivity index (χ3v) is 4.42. The third kappa shape index (κ3) is 5.12. The maximum Gasteiger partial charge on any atom is 0.416 e. The van der Waals surface area contributed by atoms with Gasteiger partial charge in [-0.15, -0.1) is 0 Å². The zero-order valence-electron chi connectivity index (χ0n) is 14.6. The SMILES string of the molecule is O=C(NCc1ccccc1C(F)(F)F)N1CCC(Oc2cccnc2)CC1. The van der Waals surface area contributed by atoms with Gasteiger partial charge in [-0.25, -0.2) is 4.79 Å². The summed E-state index contributed by atoms with van der Waals surface area (Å²) in [7, 11) is 0. The van der Waals surface area contributed by atoms with Crippen LogP contribution < -0.4 is 10.1 Å². The zero-order valence-corrected chi connectivity index (χ0v) is 14.6. The predicted molar refractivity (Wildman–Crippen MR) is 93.1 cm³/mol. The van der Waals surface area contributed by atoms with E-state index in [0.29, 0.717) is 31.7 Å². The van der Waals surface area contributed by atoms with Crippen LogP contribution in [0.1, 0.15) is 24.0 Å². The molecule has 0 unspecified atom stereocenters. The van der Waals surface area contributed by atoms with Crippen molar-refractivity contribution in [2.45, 2.75) is 31.7 Å². The molecule has 1 aromatic carbocycles. The number of urea groups is 1. The largest absolute Gasteiger partial charge is 0.489 e. The van der Waals surface area contributed by atoms with Crippen molar-refractivity contribution in [3.8, 4) is 5.75 Å². The van der Waals surface area contributed by atoms with Crippen LogP contribution in [0.3, 0.4) is 0 Å². The van der Waals surface area contributed by atoms with Gasteiger partial charge < -0.3 is 15.0 Å². The summed E-state index contributed by atoms with van der Waals surface area (Å²) in [6.07, 6.45) is 0.157. The van der Waals surface area contributed by atoms with E-state index in [4.69, 9.17) is 4.74 Å². The molecule has 0 radical (unpaired) electrons. The molecule has 0 aliphatic carbocycles. The van der Waals surface area contributed by atoms with Crippen molar-refractivity contribution in [3.63, 3.8) is 0 Å². The number of likely N-dealkylation sites (tertiary alicyclic amines) is 1. The van der Waals surface area contributed by atoms with Gasteiger partial charge in [0.2, 0.25) is 0 Å². The molecule has 1 aliphatic heterocycles. The van der Waals surface area contributed by atoms with Gasteiger partial charge in [0, 0.05) is 38.7 Å². The van der Waals surface area contributed by atoms with Crippen LogP contribution >= 0.6 is 0 Å².